The van der Waals surface area contributed by atoms with E-state index in [0.717, 1.165) is 5.75 Å². The van der Waals surface area contributed by atoms with Crippen LogP contribution in [0.1, 0.15) is 17.2 Å². The van der Waals surface area contributed by atoms with Gasteiger partial charge in [0.05, 0.1) is 5.75 Å². The van der Waals surface area contributed by atoms with E-state index in [1.165, 1.54) is 11.1 Å². The summed E-state index contributed by atoms with van der Waals surface area (Å²) >= 11 is 1.65. The summed E-state index contributed by atoms with van der Waals surface area (Å²) in [4.78, 5) is 11.1. The van der Waals surface area contributed by atoms with E-state index < -0.39 is 0 Å². The molecule has 0 aromatic heterocycles. The van der Waals surface area contributed by atoms with Crippen LogP contribution in [-0.2, 0) is 4.79 Å². The third-order valence-corrected chi connectivity index (χ3v) is 3.74. The third-order valence-electron chi connectivity index (χ3n) is 2.71. The van der Waals surface area contributed by atoms with Crippen molar-refractivity contribution in [3.63, 3.8) is 0 Å². The fraction of sp³-hybridized carbons (Fsp3) is 0.462. The molecule has 0 aliphatic heterocycles. The molecule has 3 nitrogen and oxygen atoms in total. The van der Waals surface area contributed by atoms with E-state index in [1.54, 1.807) is 18.8 Å². The second kappa shape index (κ2) is 7.35. The molecule has 1 aromatic carbocycles. The highest BCUT2D eigenvalue weighted by Crippen LogP contribution is 2.21. The lowest BCUT2D eigenvalue weighted by Crippen LogP contribution is -2.23. The molecule has 1 rings (SSSR count). The first kappa shape index (κ1) is 14.1. The van der Waals surface area contributed by atoms with Crippen LogP contribution in [-0.4, -0.2) is 31.5 Å². The predicted molar refractivity (Wildman–Crippen MR) is 74.4 cm³/mol. The second-order valence-electron chi connectivity index (χ2n) is 3.89. The summed E-state index contributed by atoms with van der Waals surface area (Å²) in [6, 6.07) is 8.64. The largest absolute Gasteiger partial charge is 0.358 e. The number of benzene rings is 1. The van der Waals surface area contributed by atoms with Gasteiger partial charge in [0.2, 0.25) is 5.91 Å². The number of hydrogen-bond acceptors (Lipinski definition) is 3. The summed E-state index contributed by atoms with van der Waals surface area (Å²) in [7, 11) is 3.62. The minimum absolute atomic E-state index is 0.0784. The van der Waals surface area contributed by atoms with Crippen LogP contribution in [0.5, 0.6) is 0 Å². The molecule has 0 radical (unpaired) electrons. The fourth-order valence-corrected chi connectivity index (χ4v) is 2.68. The highest BCUT2D eigenvalue weighted by atomic mass is 32.2. The first-order chi connectivity index (χ1) is 8.19. The van der Waals surface area contributed by atoms with Crippen molar-refractivity contribution >= 4 is 17.7 Å². The quantitative estimate of drug-likeness (QED) is 0.810. The molecule has 0 heterocycles. The number of nitrogens with one attached hydrogen (secondary N) is 2. The van der Waals surface area contributed by atoms with Crippen LogP contribution in [0.3, 0.4) is 0 Å². The zero-order valence-electron chi connectivity index (χ0n) is 10.6. The molecule has 2 N–H and O–H groups in total. The molecule has 1 aromatic rings. The van der Waals surface area contributed by atoms with Gasteiger partial charge in [-0.15, -0.1) is 0 Å². The summed E-state index contributed by atoms with van der Waals surface area (Å²) in [5, 5.41) is 5.93. The van der Waals surface area contributed by atoms with Crippen molar-refractivity contribution in [1.82, 2.24) is 10.6 Å². The smallest absolute Gasteiger partial charge is 0.229 e. The molecule has 17 heavy (non-hydrogen) atoms. The normalized spacial score (nSPS) is 12.2. The van der Waals surface area contributed by atoms with Gasteiger partial charge in [-0.05, 0) is 25.1 Å². The summed E-state index contributed by atoms with van der Waals surface area (Å²) in [6.45, 7) is 2.11. The summed E-state index contributed by atoms with van der Waals surface area (Å²) < 4.78 is 0. The Balaban J connectivity index is 2.55. The average molecular weight is 252 g/mol. The molecule has 1 atom stereocenters. The lowest BCUT2D eigenvalue weighted by molar-refractivity contribution is -0.118. The van der Waals surface area contributed by atoms with Gasteiger partial charge >= 0.3 is 0 Å². The summed E-state index contributed by atoms with van der Waals surface area (Å²) in [5.74, 6) is 1.49. The molecular weight excluding hydrogens is 232 g/mol. The van der Waals surface area contributed by atoms with Crippen LogP contribution in [0, 0.1) is 6.92 Å². The Kier molecular flexibility index (Phi) is 6.08. The SMILES string of the molecule is CNC(=O)CSCC(NC)c1ccccc1C. The van der Waals surface area contributed by atoms with Crippen molar-refractivity contribution < 1.29 is 4.79 Å². The molecule has 4 heteroatoms. The van der Waals surface area contributed by atoms with Crippen molar-refractivity contribution in [2.75, 3.05) is 25.6 Å². The Bertz CT molecular complexity index is 368. The van der Waals surface area contributed by atoms with Gasteiger partial charge < -0.3 is 10.6 Å². The summed E-state index contributed by atoms with van der Waals surface area (Å²) in [5.41, 5.74) is 2.59. The van der Waals surface area contributed by atoms with Crippen molar-refractivity contribution in [2.24, 2.45) is 0 Å². The van der Waals surface area contributed by atoms with Crippen LogP contribution < -0.4 is 10.6 Å². The maximum Gasteiger partial charge on any atom is 0.229 e. The number of carbonyl (C=O) groups excluding carboxylic acids is 1. The van der Waals surface area contributed by atoms with Gasteiger partial charge in [0.25, 0.3) is 0 Å². The number of thioether (sulfide) groups is 1. The van der Waals surface area contributed by atoms with Crippen molar-refractivity contribution in [1.29, 1.82) is 0 Å². The van der Waals surface area contributed by atoms with Gasteiger partial charge in [0.1, 0.15) is 0 Å². The van der Waals surface area contributed by atoms with Crippen LogP contribution in [0.2, 0.25) is 0 Å². The van der Waals surface area contributed by atoms with E-state index in [2.05, 4.69) is 35.8 Å². The maximum absolute atomic E-state index is 11.1. The molecule has 0 fully saturated rings. The molecule has 0 bridgehead atoms. The van der Waals surface area contributed by atoms with Gasteiger partial charge in [0, 0.05) is 18.8 Å². The first-order valence-electron chi connectivity index (χ1n) is 5.70. The number of rotatable bonds is 6. The van der Waals surface area contributed by atoms with Crippen LogP contribution in [0.25, 0.3) is 0 Å². The second-order valence-corrected chi connectivity index (χ2v) is 4.92. The summed E-state index contributed by atoms with van der Waals surface area (Å²) in [6.07, 6.45) is 0. The molecule has 1 amide bonds. The van der Waals surface area contributed by atoms with Gasteiger partial charge in [-0.2, -0.15) is 11.8 Å². The molecule has 0 aliphatic rings. The average Bonchev–Trinajstić information content (AvgIpc) is 2.35. The van der Waals surface area contributed by atoms with Gasteiger partial charge in [0.15, 0.2) is 0 Å². The van der Waals surface area contributed by atoms with Crippen molar-refractivity contribution in [3.8, 4) is 0 Å². The van der Waals surface area contributed by atoms with Gasteiger partial charge in [-0.3, -0.25) is 4.79 Å². The van der Waals surface area contributed by atoms with E-state index in [4.69, 9.17) is 0 Å². The monoisotopic (exact) mass is 252 g/mol. The lowest BCUT2D eigenvalue weighted by atomic mass is 10.0. The minimum Gasteiger partial charge on any atom is -0.358 e. The van der Waals surface area contributed by atoms with E-state index in [1.807, 2.05) is 13.1 Å². The molecule has 1 unspecified atom stereocenters. The molecule has 94 valence electrons. The fourth-order valence-electron chi connectivity index (χ4n) is 1.65. The number of carbonyl (C=O) groups is 1. The van der Waals surface area contributed by atoms with E-state index in [-0.39, 0.29) is 5.91 Å². The van der Waals surface area contributed by atoms with E-state index in [0.29, 0.717) is 11.8 Å². The first-order valence-corrected chi connectivity index (χ1v) is 6.85. The Morgan fingerprint density at radius 1 is 1.35 bits per heavy atom. The van der Waals surface area contributed by atoms with Crippen molar-refractivity contribution in [3.05, 3.63) is 35.4 Å². The third kappa shape index (κ3) is 4.40. The molecular formula is C13H20N2OS. The zero-order valence-corrected chi connectivity index (χ0v) is 11.4. The topological polar surface area (TPSA) is 41.1 Å². The molecule has 0 aliphatic carbocycles. The van der Waals surface area contributed by atoms with Gasteiger partial charge in [-0.1, -0.05) is 24.3 Å². The van der Waals surface area contributed by atoms with E-state index >= 15 is 0 Å². The van der Waals surface area contributed by atoms with Crippen LogP contribution >= 0.6 is 11.8 Å². The number of aryl methyl sites for hydroxylation is 1. The Morgan fingerprint density at radius 2 is 2.06 bits per heavy atom. The maximum atomic E-state index is 11.1. The number of hydrogen-bond donors (Lipinski definition) is 2. The zero-order chi connectivity index (χ0) is 12.7. The van der Waals surface area contributed by atoms with Crippen molar-refractivity contribution in [2.45, 2.75) is 13.0 Å². The Labute approximate surface area is 107 Å². The highest BCUT2D eigenvalue weighted by Gasteiger charge is 2.11. The van der Waals surface area contributed by atoms with E-state index in [9.17, 15) is 4.79 Å². The molecule has 0 spiro atoms. The van der Waals surface area contributed by atoms with Crippen LogP contribution in [0.15, 0.2) is 24.3 Å². The predicted octanol–water partition coefficient (Wildman–Crippen LogP) is 1.73. The Morgan fingerprint density at radius 3 is 2.65 bits per heavy atom. The standard InChI is InChI=1S/C13H20N2OS/c1-10-6-4-5-7-11(10)12(14-2)8-17-9-13(16)15-3/h4-7,12,14H,8-9H2,1-3H3,(H,15,16). The molecule has 0 saturated heterocycles. The minimum atomic E-state index is 0.0784. The Hall–Kier alpha value is -1.00. The highest BCUT2D eigenvalue weighted by molar-refractivity contribution is 7.99. The van der Waals surface area contributed by atoms with Crippen LogP contribution in [0.4, 0.5) is 0 Å². The van der Waals surface area contributed by atoms with Gasteiger partial charge in [-0.25, -0.2) is 0 Å². The lowest BCUT2D eigenvalue weighted by Gasteiger charge is -2.18. The molecule has 0 saturated carbocycles. The number of amides is 1.